The molecule has 5 nitrogen and oxygen atoms in total. The predicted octanol–water partition coefficient (Wildman–Crippen LogP) is 2.58. The molecule has 1 amide bonds. The lowest BCUT2D eigenvalue weighted by Crippen LogP contribution is -2.53. The third kappa shape index (κ3) is 3.30. The van der Waals surface area contributed by atoms with E-state index in [0.717, 1.165) is 18.5 Å². The van der Waals surface area contributed by atoms with Crippen molar-refractivity contribution >= 4 is 5.91 Å². The van der Waals surface area contributed by atoms with Gasteiger partial charge >= 0.3 is 0 Å². The van der Waals surface area contributed by atoms with E-state index in [0.29, 0.717) is 23.6 Å². The molecule has 2 saturated carbocycles. The number of hydrogen-bond acceptors (Lipinski definition) is 3. The third-order valence-corrected chi connectivity index (χ3v) is 5.43. The van der Waals surface area contributed by atoms with E-state index in [9.17, 15) is 4.79 Å². The summed E-state index contributed by atoms with van der Waals surface area (Å²) < 4.78 is 1.93. The molecule has 3 N–H and O–H groups in total. The van der Waals surface area contributed by atoms with Gasteiger partial charge in [-0.25, -0.2) is 0 Å². The fraction of sp³-hybridized carbons (Fsp3) is 0.778. The van der Waals surface area contributed by atoms with Crippen molar-refractivity contribution in [2.45, 2.75) is 77.4 Å². The van der Waals surface area contributed by atoms with E-state index in [1.165, 1.54) is 19.3 Å². The lowest BCUT2D eigenvalue weighted by atomic mass is 9.67. The van der Waals surface area contributed by atoms with E-state index in [1.54, 1.807) is 0 Å². The maximum absolute atomic E-state index is 12.7. The van der Waals surface area contributed by atoms with Crippen LogP contribution in [-0.4, -0.2) is 27.8 Å². The number of aryl methyl sites for hydroxylation is 1. The fourth-order valence-corrected chi connectivity index (χ4v) is 4.51. The number of fused-ring (bicyclic) bond motifs is 2. The van der Waals surface area contributed by atoms with Crippen LogP contribution in [0.15, 0.2) is 6.07 Å². The van der Waals surface area contributed by atoms with Crippen LogP contribution in [-0.2, 0) is 5.54 Å². The Bertz CT molecular complexity index is 572. The lowest BCUT2D eigenvalue weighted by molar-refractivity contribution is 0.0750. The number of carbonyl (C=O) groups is 1. The number of aromatic nitrogens is 2. The van der Waals surface area contributed by atoms with Crippen LogP contribution in [0.5, 0.6) is 0 Å². The first-order chi connectivity index (χ1) is 10.8. The van der Waals surface area contributed by atoms with E-state index in [1.807, 2.05) is 17.7 Å². The van der Waals surface area contributed by atoms with Crippen molar-refractivity contribution in [1.29, 1.82) is 0 Å². The van der Waals surface area contributed by atoms with Gasteiger partial charge in [0.25, 0.3) is 5.91 Å². The Balaban J connectivity index is 1.75. The summed E-state index contributed by atoms with van der Waals surface area (Å²) in [5.41, 5.74) is 7.61. The second-order valence-corrected chi connectivity index (χ2v) is 8.44. The van der Waals surface area contributed by atoms with E-state index < -0.39 is 0 Å². The van der Waals surface area contributed by atoms with Gasteiger partial charge in [-0.3, -0.25) is 9.48 Å². The fourth-order valence-electron chi connectivity index (χ4n) is 4.51. The molecule has 2 bridgehead atoms. The van der Waals surface area contributed by atoms with Gasteiger partial charge in [0.15, 0.2) is 0 Å². The first-order valence-electron chi connectivity index (χ1n) is 8.89. The number of rotatable bonds is 2. The van der Waals surface area contributed by atoms with Crippen LogP contribution in [0.4, 0.5) is 0 Å². The number of amides is 1. The molecule has 2 aliphatic rings. The molecule has 1 aromatic heterocycles. The molecule has 0 aliphatic heterocycles. The topological polar surface area (TPSA) is 72.9 Å². The number of nitrogens with zero attached hydrogens (tertiary/aromatic N) is 2. The standard InChI is InChI=1S/C18H30N4O/c1-11-8-15(21-22(11)18(2,3)4)17(23)20-16-12-6-5-7-13(16)10-14(19)9-12/h8,12-14,16H,5-7,9-10,19H2,1-4H3,(H,20,23). The summed E-state index contributed by atoms with van der Waals surface area (Å²) in [4.78, 5) is 12.7. The Morgan fingerprint density at radius 1 is 1.30 bits per heavy atom. The number of nitrogens with two attached hydrogens (primary N) is 1. The highest BCUT2D eigenvalue weighted by Gasteiger charge is 2.40. The van der Waals surface area contributed by atoms with Gasteiger partial charge in [-0.1, -0.05) is 6.42 Å². The molecule has 2 aliphatic carbocycles. The molecule has 128 valence electrons. The monoisotopic (exact) mass is 318 g/mol. The molecule has 5 heteroatoms. The molecule has 0 saturated heterocycles. The summed E-state index contributed by atoms with van der Waals surface area (Å²) in [5.74, 6) is 1.04. The Hall–Kier alpha value is -1.36. The quantitative estimate of drug-likeness (QED) is 0.880. The second-order valence-electron chi connectivity index (χ2n) is 8.44. The summed E-state index contributed by atoms with van der Waals surface area (Å²) in [5, 5.41) is 7.81. The highest BCUT2D eigenvalue weighted by Crippen LogP contribution is 2.39. The van der Waals surface area contributed by atoms with E-state index in [2.05, 4.69) is 31.2 Å². The van der Waals surface area contributed by atoms with Crippen LogP contribution < -0.4 is 11.1 Å². The Kier molecular flexibility index (Phi) is 4.25. The zero-order chi connectivity index (χ0) is 16.8. The van der Waals surface area contributed by atoms with Gasteiger partial charge in [-0.05, 0) is 71.3 Å². The van der Waals surface area contributed by atoms with Crippen LogP contribution in [0.2, 0.25) is 0 Å². The van der Waals surface area contributed by atoms with Crippen molar-refractivity contribution in [2.24, 2.45) is 17.6 Å². The molecule has 23 heavy (non-hydrogen) atoms. The molecular weight excluding hydrogens is 288 g/mol. The molecule has 1 aromatic rings. The van der Waals surface area contributed by atoms with Crippen molar-refractivity contribution in [1.82, 2.24) is 15.1 Å². The molecule has 2 atom stereocenters. The van der Waals surface area contributed by atoms with Gasteiger partial charge in [0, 0.05) is 17.8 Å². The van der Waals surface area contributed by atoms with E-state index in [-0.39, 0.29) is 17.5 Å². The van der Waals surface area contributed by atoms with Gasteiger partial charge in [0.05, 0.1) is 5.54 Å². The lowest BCUT2D eigenvalue weighted by Gasteiger charge is -2.45. The zero-order valence-corrected chi connectivity index (χ0v) is 14.8. The predicted molar refractivity (Wildman–Crippen MR) is 91.3 cm³/mol. The molecule has 2 unspecified atom stereocenters. The van der Waals surface area contributed by atoms with Gasteiger partial charge in [-0.2, -0.15) is 5.10 Å². The average molecular weight is 318 g/mol. The molecule has 0 radical (unpaired) electrons. The SMILES string of the molecule is Cc1cc(C(=O)NC2C3CCCC2CC(N)C3)nn1C(C)(C)C. The zero-order valence-electron chi connectivity index (χ0n) is 14.8. The highest BCUT2D eigenvalue weighted by molar-refractivity contribution is 5.92. The molecule has 1 heterocycles. The smallest absolute Gasteiger partial charge is 0.272 e. The molecule has 0 spiro atoms. The summed E-state index contributed by atoms with van der Waals surface area (Å²) in [6, 6.07) is 2.47. The van der Waals surface area contributed by atoms with Crippen molar-refractivity contribution in [2.75, 3.05) is 0 Å². The van der Waals surface area contributed by atoms with Gasteiger partial charge in [0.1, 0.15) is 5.69 Å². The molecule has 0 aromatic carbocycles. The Morgan fingerprint density at radius 2 is 1.91 bits per heavy atom. The molecular formula is C18H30N4O. The highest BCUT2D eigenvalue weighted by atomic mass is 16.2. The summed E-state index contributed by atoms with van der Waals surface area (Å²) in [6.07, 6.45) is 5.72. The minimum Gasteiger partial charge on any atom is -0.347 e. The van der Waals surface area contributed by atoms with Gasteiger partial charge < -0.3 is 11.1 Å². The minimum atomic E-state index is -0.114. The van der Waals surface area contributed by atoms with Gasteiger partial charge in [0.2, 0.25) is 0 Å². The van der Waals surface area contributed by atoms with Crippen LogP contribution in [0, 0.1) is 18.8 Å². The van der Waals surface area contributed by atoms with E-state index >= 15 is 0 Å². The maximum atomic E-state index is 12.7. The number of nitrogens with one attached hydrogen (secondary N) is 1. The van der Waals surface area contributed by atoms with Crippen molar-refractivity contribution < 1.29 is 4.79 Å². The summed E-state index contributed by atoms with van der Waals surface area (Å²) in [7, 11) is 0. The van der Waals surface area contributed by atoms with Crippen LogP contribution >= 0.6 is 0 Å². The first kappa shape index (κ1) is 16.5. The van der Waals surface area contributed by atoms with Crippen LogP contribution in [0.3, 0.4) is 0 Å². The third-order valence-electron chi connectivity index (χ3n) is 5.43. The van der Waals surface area contributed by atoms with E-state index in [4.69, 9.17) is 5.73 Å². The van der Waals surface area contributed by atoms with Crippen LogP contribution in [0.25, 0.3) is 0 Å². The second kappa shape index (κ2) is 5.93. The number of carbonyl (C=O) groups excluding carboxylic acids is 1. The average Bonchev–Trinajstić information content (AvgIpc) is 2.82. The van der Waals surface area contributed by atoms with Gasteiger partial charge in [-0.15, -0.1) is 0 Å². The van der Waals surface area contributed by atoms with Crippen LogP contribution in [0.1, 0.15) is 69.1 Å². The normalized spacial score (nSPS) is 31.0. The molecule has 2 fully saturated rings. The Labute approximate surface area is 139 Å². The molecule has 3 rings (SSSR count). The minimum absolute atomic E-state index is 0.0338. The largest absolute Gasteiger partial charge is 0.347 e. The van der Waals surface area contributed by atoms with Crippen molar-refractivity contribution in [3.8, 4) is 0 Å². The number of hydrogen-bond donors (Lipinski definition) is 2. The summed E-state index contributed by atoms with van der Waals surface area (Å²) in [6.45, 7) is 8.30. The Morgan fingerprint density at radius 3 is 2.43 bits per heavy atom. The summed E-state index contributed by atoms with van der Waals surface area (Å²) >= 11 is 0. The first-order valence-corrected chi connectivity index (χ1v) is 8.89. The van der Waals surface area contributed by atoms with Crippen molar-refractivity contribution in [3.63, 3.8) is 0 Å². The maximum Gasteiger partial charge on any atom is 0.272 e. The van der Waals surface area contributed by atoms with Crippen molar-refractivity contribution in [3.05, 3.63) is 17.5 Å².